The molecule has 1 aliphatic heterocycles. The van der Waals surface area contributed by atoms with E-state index in [1.807, 2.05) is 12.1 Å². The first-order chi connectivity index (χ1) is 15.1. The molecule has 1 saturated heterocycles. The Morgan fingerprint density at radius 1 is 1.03 bits per heavy atom. The summed E-state index contributed by atoms with van der Waals surface area (Å²) in [5.41, 5.74) is 13.2. The fraction of sp³-hybridized carbons (Fsp3) is 0.524. The van der Waals surface area contributed by atoms with E-state index >= 15 is 0 Å². The van der Waals surface area contributed by atoms with Crippen LogP contribution in [0.3, 0.4) is 0 Å². The van der Waals surface area contributed by atoms with Gasteiger partial charge in [0.2, 0.25) is 11.7 Å². The molecule has 10 heteroatoms. The lowest BCUT2D eigenvalue weighted by atomic mass is 10.1. The number of methoxy groups -OCH3 is 2. The number of benzene rings is 1. The van der Waals surface area contributed by atoms with Gasteiger partial charge in [-0.2, -0.15) is 4.98 Å². The van der Waals surface area contributed by atoms with Crippen LogP contribution in [0.2, 0.25) is 0 Å². The first-order valence-corrected chi connectivity index (χ1v) is 10.4. The second kappa shape index (κ2) is 11.5. The highest BCUT2D eigenvalue weighted by Crippen LogP contribution is 2.39. The van der Waals surface area contributed by atoms with Gasteiger partial charge in [-0.1, -0.05) is 0 Å². The van der Waals surface area contributed by atoms with E-state index in [2.05, 4.69) is 20.2 Å². The fourth-order valence-corrected chi connectivity index (χ4v) is 3.40. The third-order valence-electron chi connectivity index (χ3n) is 5.07. The van der Waals surface area contributed by atoms with E-state index in [0.717, 1.165) is 43.9 Å². The topological polar surface area (TPSA) is 130 Å². The summed E-state index contributed by atoms with van der Waals surface area (Å²) in [6, 6.07) is 3.78. The Balaban J connectivity index is 1.55. The Bertz CT molecular complexity index is 820. The molecule has 1 aromatic heterocycles. The molecule has 0 amide bonds. The van der Waals surface area contributed by atoms with E-state index < -0.39 is 0 Å². The molecular formula is C21H32N6O4. The average Bonchev–Trinajstić information content (AvgIpc) is 2.78. The molecule has 2 aromatic rings. The van der Waals surface area contributed by atoms with Crippen molar-refractivity contribution < 1.29 is 18.9 Å². The van der Waals surface area contributed by atoms with E-state index in [1.165, 1.54) is 0 Å². The second-order valence-corrected chi connectivity index (χ2v) is 7.20. The highest BCUT2D eigenvalue weighted by molar-refractivity contribution is 5.55. The van der Waals surface area contributed by atoms with Crippen LogP contribution < -0.4 is 31.0 Å². The number of ether oxygens (including phenoxy) is 4. The number of hydrogen-bond acceptors (Lipinski definition) is 10. The summed E-state index contributed by atoms with van der Waals surface area (Å²) >= 11 is 0. The van der Waals surface area contributed by atoms with Crippen LogP contribution in [0.15, 0.2) is 18.3 Å². The highest BCUT2D eigenvalue weighted by Gasteiger charge is 2.16. The molecule has 0 saturated carbocycles. The Morgan fingerprint density at radius 2 is 1.74 bits per heavy atom. The standard InChI is InChI=1S/C21H32N6O4/c1-28-17-12-15(11-16-14-25-21(23)26-20(16)22)13-18(29-2)19(17)31-10-9-30-8-7-27-5-3-24-4-6-27/h12-14,24H,3-11H2,1-2H3,(H4,22,23,25,26). The zero-order valence-electron chi connectivity index (χ0n) is 18.2. The maximum Gasteiger partial charge on any atom is 0.221 e. The van der Waals surface area contributed by atoms with Gasteiger partial charge in [-0.3, -0.25) is 4.90 Å². The molecule has 0 radical (unpaired) electrons. The molecule has 10 nitrogen and oxygen atoms in total. The third-order valence-corrected chi connectivity index (χ3v) is 5.07. The maximum atomic E-state index is 5.96. The minimum absolute atomic E-state index is 0.148. The maximum absolute atomic E-state index is 5.96. The molecule has 170 valence electrons. The van der Waals surface area contributed by atoms with Gasteiger partial charge >= 0.3 is 0 Å². The Kier molecular flexibility index (Phi) is 8.51. The van der Waals surface area contributed by atoms with Gasteiger partial charge in [0.25, 0.3) is 0 Å². The Hall–Kier alpha value is -2.82. The number of rotatable bonds is 11. The summed E-state index contributed by atoms with van der Waals surface area (Å²) in [6.45, 7) is 6.70. The lowest BCUT2D eigenvalue weighted by Gasteiger charge is -2.26. The van der Waals surface area contributed by atoms with Crippen molar-refractivity contribution >= 4 is 11.8 Å². The van der Waals surface area contributed by atoms with E-state index in [9.17, 15) is 0 Å². The van der Waals surface area contributed by atoms with Crippen LogP contribution in [0.5, 0.6) is 17.2 Å². The minimum Gasteiger partial charge on any atom is -0.493 e. The monoisotopic (exact) mass is 432 g/mol. The number of nitrogens with one attached hydrogen (secondary N) is 1. The minimum atomic E-state index is 0.148. The molecule has 0 atom stereocenters. The Morgan fingerprint density at radius 3 is 2.39 bits per heavy atom. The zero-order valence-corrected chi connectivity index (χ0v) is 18.2. The molecule has 0 aliphatic carbocycles. The summed E-state index contributed by atoms with van der Waals surface area (Å²) < 4.78 is 22.7. The van der Waals surface area contributed by atoms with Crippen molar-refractivity contribution in [2.45, 2.75) is 6.42 Å². The molecule has 1 fully saturated rings. The van der Waals surface area contributed by atoms with Crippen LogP contribution in [-0.4, -0.2) is 81.6 Å². The van der Waals surface area contributed by atoms with Crippen LogP contribution in [0.4, 0.5) is 11.8 Å². The van der Waals surface area contributed by atoms with Gasteiger partial charge < -0.3 is 35.7 Å². The molecule has 31 heavy (non-hydrogen) atoms. The van der Waals surface area contributed by atoms with Crippen molar-refractivity contribution in [1.29, 1.82) is 0 Å². The van der Waals surface area contributed by atoms with Gasteiger partial charge in [0.15, 0.2) is 11.5 Å². The normalized spacial score (nSPS) is 14.4. The lowest BCUT2D eigenvalue weighted by Crippen LogP contribution is -2.44. The van der Waals surface area contributed by atoms with Crippen molar-refractivity contribution in [3.05, 3.63) is 29.5 Å². The van der Waals surface area contributed by atoms with Crippen molar-refractivity contribution in [2.24, 2.45) is 0 Å². The van der Waals surface area contributed by atoms with Crippen molar-refractivity contribution in [2.75, 3.05) is 78.2 Å². The van der Waals surface area contributed by atoms with Crippen LogP contribution in [0.1, 0.15) is 11.1 Å². The van der Waals surface area contributed by atoms with Gasteiger partial charge in [0.05, 0.1) is 27.4 Å². The van der Waals surface area contributed by atoms with Gasteiger partial charge in [0.1, 0.15) is 12.4 Å². The molecule has 0 unspecified atom stereocenters. The van der Waals surface area contributed by atoms with Gasteiger partial charge in [0, 0.05) is 50.9 Å². The number of nitrogens with two attached hydrogens (primary N) is 2. The molecule has 0 spiro atoms. The number of hydrogen-bond donors (Lipinski definition) is 3. The van der Waals surface area contributed by atoms with E-state index in [1.54, 1.807) is 20.4 Å². The molecule has 5 N–H and O–H groups in total. The van der Waals surface area contributed by atoms with E-state index in [0.29, 0.717) is 49.3 Å². The fourth-order valence-electron chi connectivity index (χ4n) is 3.40. The van der Waals surface area contributed by atoms with Crippen LogP contribution in [0, 0.1) is 0 Å². The highest BCUT2D eigenvalue weighted by atomic mass is 16.6. The summed E-state index contributed by atoms with van der Waals surface area (Å²) in [5, 5.41) is 3.34. The molecule has 3 rings (SSSR count). The predicted molar refractivity (Wildman–Crippen MR) is 119 cm³/mol. The quantitative estimate of drug-likeness (QED) is 0.433. The molecular weight excluding hydrogens is 400 g/mol. The number of piperazine rings is 1. The van der Waals surface area contributed by atoms with Crippen LogP contribution in [0.25, 0.3) is 0 Å². The number of nitrogen functional groups attached to an aromatic ring is 2. The van der Waals surface area contributed by atoms with Crippen molar-refractivity contribution in [3.8, 4) is 17.2 Å². The van der Waals surface area contributed by atoms with E-state index in [-0.39, 0.29) is 5.95 Å². The van der Waals surface area contributed by atoms with Gasteiger partial charge in [-0.25, -0.2) is 4.98 Å². The smallest absolute Gasteiger partial charge is 0.221 e. The van der Waals surface area contributed by atoms with Crippen molar-refractivity contribution in [1.82, 2.24) is 20.2 Å². The average molecular weight is 433 g/mol. The summed E-state index contributed by atoms with van der Waals surface area (Å²) in [5.74, 6) is 2.19. The second-order valence-electron chi connectivity index (χ2n) is 7.20. The zero-order chi connectivity index (χ0) is 22.1. The molecule has 1 aromatic carbocycles. The summed E-state index contributed by atoms with van der Waals surface area (Å²) in [4.78, 5) is 10.4. The molecule has 0 bridgehead atoms. The first kappa shape index (κ1) is 22.9. The molecule has 2 heterocycles. The summed E-state index contributed by atoms with van der Waals surface area (Å²) in [7, 11) is 3.19. The first-order valence-electron chi connectivity index (χ1n) is 10.4. The molecule has 1 aliphatic rings. The SMILES string of the molecule is COc1cc(Cc2cnc(N)nc2N)cc(OC)c1OCCOCCN1CCNCC1. The van der Waals surface area contributed by atoms with Gasteiger partial charge in [-0.15, -0.1) is 0 Å². The number of anilines is 2. The summed E-state index contributed by atoms with van der Waals surface area (Å²) in [6.07, 6.45) is 2.13. The van der Waals surface area contributed by atoms with Gasteiger partial charge in [-0.05, 0) is 17.7 Å². The van der Waals surface area contributed by atoms with Crippen LogP contribution >= 0.6 is 0 Å². The van der Waals surface area contributed by atoms with Crippen LogP contribution in [-0.2, 0) is 11.2 Å². The number of nitrogens with zero attached hydrogens (tertiary/aromatic N) is 3. The van der Waals surface area contributed by atoms with E-state index in [4.69, 9.17) is 30.4 Å². The number of aromatic nitrogens is 2. The van der Waals surface area contributed by atoms with Crippen molar-refractivity contribution in [3.63, 3.8) is 0 Å². The Labute approximate surface area is 182 Å². The third kappa shape index (κ3) is 6.58. The predicted octanol–water partition coefficient (Wildman–Crippen LogP) is 0.550. The lowest BCUT2D eigenvalue weighted by molar-refractivity contribution is 0.0753. The largest absolute Gasteiger partial charge is 0.493 e.